The summed E-state index contributed by atoms with van der Waals surface area (Å²) in [5.41, 5.74) is 2.35. The van der Waals surface area contributed by atoms with E-state index < -0.39 is 6.04 Å². The molecule has 3 amide bonds. The number of hydrogen-bond donors (Lipinski definition) is 0. The maximum absolute atomic E-state index is 13.8. The molecule has 1 unspecified atom stereocenters. The van der Waals surface area contributed by atoms with Gasteiger partial charge in [-0.15, -0.1) is 0 Å². The molecule has 4 rings (SSSR count). The third kappa shape index (κ3) is 3.88. The molecule has 0 spiro atoms. The van der Waals surface area contributed by atoms with Gasteiger partial charge in [0, 0.05) is 12.5 Å². The van der Waals surface area contributed by atoms with Crippen LogP contribution in [0.25, 0.3) is 0 Å². The summed E-state index contributed by atoms with van der Waals surface area (Å²) in [6, 6.07) is 16.4. The molecule has 1 saturated heterocycles. The van der Waals surface area contributed by atoms with Gasteiger partial charge in [0.1, 0.15) is 6.04 Å². The number of amides is 3. The second-order valence-corrected chi connectivity index (χ2v) is 10.9. The van der Waals surface area contributed by atoms with E-state index in [1.807, 2.05) is 54.6 Å². The Morgan fingerprint density at radius 2 is 1.55 bits per heavy atom. The highest BCUT2D eigenvalue weighted by Crippen LogP contribution is 2.69. The summed E-state index contributed by atoms with van der Waals surface area (Å²) < 4.78 is 0. The van der Waals surface area contributed by atoms with Crippen LogP contribution < -0.4 is 4.90 Å². The van der Waals surface area contributed by atoms with Crippen molar-refractivity contribution >= 4 is 23.4 Å². The van der Waals surface area contributed by atoms with E-state index in [1.165, 1.54) is 4.90 Å². The Balaban J connectivity index is 1.65. The van der Waals surface area contributed by atoms with Crippen molar-refractivity contribution in [1.82, 2.24) is 4.90 Å². The fraction of sp³-hybridized carbons (Fsp3) is 0.464. The van der Waals surface area contributed by atoms with Gasteiger partial charge in [-0.3, -0.25) is 14.4 Å². The quantitative estimate of drug-likeness (QED) is 0.577. The molecule has 1 aliphatic carbocycles. The normalized spacial score (nSPS) is 21.5. The summed E-state index contributed by atoms with van der Waals surface area (Å²) in [4.78, 5) is 43.2. The number of rotatable bonds is 6. The molecule has 2 aliphatic rings. The molecule has 2 aromatic carbocycles. The minimum atomic E-state index is -0.790. The lowest BCUT2D eigenvalue weighted by Gasteiger charge is -2.29. The van der Waals surface area contributed by atoms with Crippen molar-refractivity contribution in [2.75, 3.05) is 4.90 Å². The maximum Gasteiger partial charge on any atom is 0.257 e. The maximum atomic E-state index is 13.8. The number of benzene rings is 2. The number of hydrogen-bond acceptors (Lipinski definition) is 3. The molecular formula is C28H34N2O3. The van der Waals surface area contributed by atoms with Gasteiger partial charge in [0.25, 0.3) is 5.91 Å². The molecule has 174 valence electrons. The molecule has 1 atom stereocenters. The van der Waals surface area contributed by atoms with Crippen LogP contribution in [0, 0.1) is 16.7 Å². The van der Waals surface area contributed by atoms with Crippen molar-refractivity contribution in [2.24, 2.45) is 16.7 Å². The van der Waals surface area contributed by atoms with Crippen LogP contribution >= 0.6 is 0 Å². The Morgan fingerprint density at radius 3 is 2.06 bits per heavy atom. The fourth-order valence-corrected chi connectivity index (χ4v) is 5.24. The third-order valence-corrected chi connectivity index (χ3v) is 8.06. The minimum absolute atomic E-state index is 0.0108. The van der Waals surface area contributed by atoms with E-state index in [9.17, 15) is 14.4 Å². The van der Waals surface area contributed by atoms with Gasteiger partial charge in [-0.1, -0.05) is 84.0 Å². The zero-order chi connectivity index (χ0) is 24.1. The van der Waals surface area contributed by atoms with Gasteiger partial charge in [0.05, 0.1) is 12.1 Å². The Labute approximate surface area is 196 Å². The number of carbonyl (C=O) groups excluding carboxylic acids is 3. The van der Waals surface area contributed by atoms with E-state index in [4.69, 9.17) is 0 Å². The number of imide groups is 1. The van der Waals surface area contributed by atoms with Crippen molar-refractivity contribution in [1.29, 1.82) is 0 Å². The topological polar surface area (TPSA) is 57.7 Å². The highest BCUT2D eigenvalue weighted by Gasteiger charge is 2.69. The highest BCUT2D eigenvalue weighted by molar-refractivity contribution is 6.23. The first-order valence-electron chi connectivity index (χ1n) is 11.8. The second kappa shape index (κ2) is 8.12. The fourth-order valence-electron chi connectivity index (χ4n) is 5.24. The largest absolute Gasteiger partial charge is 0.325 e. The summed E-state index contributed by atoms with van der Waals surface area (Å²) in [5, 5.41) is 0. The number of anilines is 1. The lowest BCUT2D eigenvalue weighted by atomic mass is 10.0. The van der Waals surface area contributed by atoms with Gasteiger partial charge < -0.3 is 4.90 Å². The van der Waals surface area contributed by atoms with Crippen LogP contribution in [-0.4, -0.2) is 28.7 Å². The van der Waals surface area contributed by atoms with Crippen LogP contribution in [0.15, 0.2) is 54.6 Å². The molecule has 1 aliphatic heterocycles. The first kappa shape index (κ1) is 23.2. The molecule has 2 fully saturated rings. The minimum Gasteiger partial charge on any atom is -0.325 e. The van der Waals surface area contributed by atoms with Crippen LogP contribution in [0.4, 0.5) is 5.69 Å². The molecule has 1 heterocycles. The third-order valence-electron chi connectivity index (χ3n) is 8.06. The highest BCUT2D eigenvalue weighted by atomic mass is 16.2. The molecule has 0 radical (unpaired) electrons. The van der Waals surface area contributed by atoms with Gasteiger partial charge in [-0.2, -0.15) is 0 Å². The van der Waals surface area contributed by atoms with E-state index >= 15 is 0 Å². The van der Waals surface area contributed by atoms with Gasteiger partial charge in [0.2, 0.25) is 11.8 Å². The first-order valence-corrected chi connectivity index (χ1v) is 11.8. The van der Waals surface area contributed by atoms with Crippen molar-refractivity contribution in [3.05, 3.63) is 65.7 Å². The predicted octanol–water partition coefficient (Wildman–Crippen LogP) is 5.15. The van der Waals surface area contributed by atoms with Gasteiger partial charge >= 0.3 is 0 Å². The molecule has 0 bridgehead atoms. The lowest BCUT2D eigenvalue weighted by Crippen LogP contribution is -2.46. The Morgan fingerprint density at radius 1 is 0.970 bits per heavy atom. The Bertz CT molecular complexity index is 1060. The van der Waals surface area contributed by atoms with Crippen LogP contribution in [-0.2, 0) is 20.9 Å². The average molecular weight is 447 g/mol. The van der Waals surface area contributed by atoms with Crippen LogP contribution in [0.2, 0.25) is 0 Å². The van der Waals surface area contributed by atoms with Crippen molar-refractivity contribution < 1.29 is 14.4 Å². The SMILES string of the molecule is CC(C)c1ccc(N2C(=O)CC(N(Cc3ccccc3)C(=O)C3C(C)(C)C3(C)C)C2=O)cc1. The smallest absolute Gasteiger partial charge is 0.257 e. The van der Waals surface area contributed by atoms with Gasteiger partial charge in [-0.25, -0.2) is 4.90 Å². The molecule has 0 N–H and O–H groups in total. The van der Waals surface area contributed by atoms with E-state index in [2.05, 4.69) is 41.5 Å². The molecular weight excluding hydrogens is 412 g/mol. The van der Waals surface area contributed by atoms with Gasteiger partial charge in [-0.05, 0) is 40.0 Å². The molecule has 5 heteroatoms. The first-order chi connectivity index (χ1) is 15.5. The summed E-state index contributed by atoms with van der Waals surface area (Å²) in [7, 11) is 0. The lowest BCUT2D eigenvalue weighted by molar-refractivity contribution is -0.141. The van der Waals surface area contributed by atoms with Gasteiger partial charge in [0.15, 0.2) is 0 Å². The van der Waals surface area contributed by atoms with Crippen LogP contribution in [0.1, 0.15) is 65.0 Å². The summed E-state index contributed by atoms with van der Waals surface area (Å²) >= 11 is 0. The summed E-state index contributed by atoms with van der Waals surface area (Å²) in [6.45, 7) is 12.9. The summed E-state index contributed by atoms with van der Waals surface area (Å²) in [6.07, 6.45) is 0.0108. The van der Waals surface area contributed by atoms with Crippen molar-refractivity contribution in [2.45, 2.75) is 66.5 Å². The molecule has 5 nitrogen and oxygen atoms in total. The monoisotopic (exact) mass is 446 g/mol. The van der Waals surface area contributed by atoms with Crippen molar-refractivity contribution in [3.8, 4) is 0 Å². The standard InChI is InChI=1S/C28H34N2O3/c1-18(2)20-12-14-21(15-13-20)30-23(31)16-22(25(30)32)29(17-19-10-8-7-9-11-19)26(33)24-27(3,4)28(24,5)6/h7-15,18,22,24H,16-17H2,1-6H3. The van der Waals surface area contributed by atoms with Crippen LogP contribution in [0.3, 0.4) is 0 Å². The number of nitrogens with zero attached hydrogens (tertiary/aromatic N) is 2. The zero-order valence-electron chi connectivity index (χ0n) is 20.5. The average Bonchev–Trinajstić information content (AvgIpc) is 3.00. The second-order valence-electron chi connectivity index (χ2n) is 10.9. The molecule has 33 heavy (non-hydrogen) atoms. The summed E-state index contributed by atoms with van der Waals surface area (Å²) in [5.74, 6) is -0.450. The van der Waals surface area contributed by atoms with E-state index in [0.29, 0.717) is 18.2 Å². The van der Waals surface area contributed by atoms with E-state index in [0.717, 1.165) is 11.1 Å². The van der Waals surface area contributed by atoms with Crippen molar-refractivity contribution in [3.63, 3.8) is 0 Å². The zero-order valence-corrected chi connectivity index (χ0v) is 20.5. The number of carbonyl (C=O) groups is 3. The predicted molar refractivity (Wildman–Crippen MR) is 129 cm³/mol. The Kier molecular flexibility index (Phi) is 5.71. The molecule has 2 aromatic rings. The van der Waals surface area contributed by atoms with E-state index in [-0.39, 0.29) is 40.9 Å². The Hall–Kier alpha value is -2.95. The molecule has 0 aromatic heterocycles. The van der Waals surface area contributed by atoms with Crippen LogP contribution in [0.5, 0.6) is 0 Å². The molecule has 1 saturated carbocycles. The van der Waals surface area contributed by atoms with E-state index in [1.54, 1.807) is 4.90 Å².